The highest BCUT2D eigenvalue weighted by molar-refractivity contribution is 5.93. The van der Waals surface area contributed by atoms with Gasteiger partial charge in [-0.1, -0.05) is 0 Å². The molecule has 4 heterocycles. The van der Waals surface area contributed by atoms with Gasteiger partial charge in [-0.25, -0.2) is 9.36 Å². The molecule has 4 rings (SSSR count). The molecule has 2 saturated heterocycles. The van der Waals surface area contributed by atoms with E-state index >= 15 is 0 Å². The maximum atomic E-state index is 11.6. The van der Waals surface area contributed by atoms with Gasteiger partial charge in [0.1, 0.15) is 5.82 Å². The predicted octanol–water partition coefficient (Wildman–Crippen LogP) is 1.91. The summed E-state index contributed by atoms with van der Waals surface area (Å²) in [6.45, 7) is 2.69. The molecule has 0 radical (unpaired) electrons. The number of anilines is 1. The van der Waals surface area contributed by atoms with Crippen molar-refractivity contribution < 1.29 is 19.4 Å². The molecule has 0 atom stereocenters. The molecule has 0 saturated carbocycles. The highest BCUT2D eigenvalue weighted by Gasteiger charge is 2.40. The summed E-state index contributed by atoms with van der Waals surface area (Å²) in [5, 5.41) is 10.4. The van der Waals surface area contributed by atoms with E-state index in [9.17, 15) is 9.90 Å². The Bertz CT molecular complexity index is 711. The smallest absolute Gasteiger partial charge is 0.417 e. The zero-order valence-corrected chi connectivity index (χ0v) is 12.1. The van der Waals surface area contributed by atoms with Gasteiger partial charge in [-0.05, 0) is 12.1 Å². The van der Waals surface area contributed by atoms with Gasteiger partial charge in [0.2, 0.25) is 0 Å². The summed E-state index contributed by atoms with van der Waals surface area (Å²) >= 11 is 0. The van der Waals surface area contributed by atoms with Gasteiger partial charge in [0.15, 0.2) is 5.79 Å². The van der Waals surface area contributed by atoms with Gasteiger partial charge >= 0.3 is 6.09 Å². The predicted molar refractivity (Wildman–Crippen MR) is 79.2 cm³/mol. The number of hydrogen-bond donors (Lipinski definition) is 1. The first-order valence-corrected chi connectivity index (χ1v) is 7.40. The van der Waals surface area contributed by atoms with Crippen LogP contribution in [0.5, 0.6) is 0 Å². The number of carboxylic acid groups (broad SMARTS) is 1. The first-order chi connectivity index (χ1) is 10.7. The number of rotatable bonds is 1. The second kappa shape index (κ2) is 4.96. The van der Waals surface area contributed by atoms with Crippen LogP contribution >= 0.6 is 0 Å². The summed E-state index contributed by atoms with van der Waals surface area (Å²) in [5.74, 6) is 0.223. The summed E-state index contributed by atoms with van der Waals surface area (Å²) in [5.41, 5.74) is 0.610. The lowest BCUT2D eigenvalue weighted by Crippen LogP contribution is -2.46. The molecule has 116 valence electrons. The van der Waals surface area contributed by atoms with E-state index in [1.165, 1.54) is 4.57 Å². The van der Waals surface area contributed by atoms with E-state index in [-0.39, 0.29) is 0 Å². The highest BCUT2D eigenvalue weighted by atomic mass is 16.7. The summed E-state index contributed by atoms with van der Waals surface area (Å²) in [4.78, 5) is 17.8. The third kappa shape index (κ3) is 2.05. The van der Waals surface area contributed by atoms with Gasteiger partial charge in [-0.2, -0.15) is 0 Å². The molecule has 0 bridgehead atoms. The molecule has 7 heteroatoms. The molecule has 2 aromatic rings. The SMILES string of the molecule is O=C(O)n1c(N2CCC3(CC2)OCCO3)cc2ccncc21. The zero-order chi connectivity index (χ0) is 15.2. The maximum absolute atomic E-state index is 11.6. The maximum Gasteiger partial charge on any atom is 0.417 e. The van der Waals surface area contributed by atoms with Gasteiger partial charge in [0.25, 0.3) is 0 Å². The fraction of sp³-hybridized carbons (Fsp3) is 0.467. The van der Waals surface area contributed by atoms with E-state index in [0.29, 0.717) is 37.6 Å². The van der Waals surface area contributed by atoms with Crippen molar-refractivity contribution in [1.82, 2.24) is 9.55 Å². The molecule has 7 nitrogen and oxygen atoms in total. The van der Waals surface area contributed by atoms with Crippen LogP contribution in [0.4, 0.5) is 10.6 Å². The highest BCUT2D eigenvalue weighted by Crippen LogP contribution is 2.35. The Morgan fingerprint density at radius 2 is 2.00 bits per heavy atom. The summed E-state index contributed by atoms with van der Waals surface area (Å²) < 4.78 is 12.7. The topological polar surface area (TPSA) is 76.8 Å². The van der Waals surface area contributed by atoms with Crippen molar-refractivity contribution in [2.75, 3.05) is 31.2 Å². The third-order valence-electron chi connectivity index (χ3n) is 4.44. The van der Waals surface area contributed by atoms with Gasteiger partial charge in [-0.3, -0.25) is 4.98 Å². The number of aromatic nitrogens is 2. The molecule has 0 amide bonds. The molecule has 1 spiro atoms. The van der Waals surface area contributed by atoms with Crippen LogP contribution in [-0.4, -0.2) is 52.8 Å². The van der Waals surface area contributed by atoms with Crippen molar-refractivity contribution >= 4 is 22.8 Å². The average molecular weight is 303 g/mol. The largest absolute Gasteiger partial charge is 0.464 e. The van der Waals surface area contributed by atoms with E-state index in [1.807, 2.05) is 12.1 Å². The molecule has 0 unspecified atom stereocenters. The lowest BCUT2D eigenvalue weighted by atomic mass is 10.0. The molecule has 2 aliphatic rings. The zero-order valence-electron chi connectivity index (χ0n) is 12.1. The minimum Gasteiger partial charge on any atom is -0.464 e. The van der Waals surface area contributed by atoms with Gasteiger partial charge in [0, 0.05) is 37.5 Å². The number of fused-ring (bicyclic) bond motifs is 1. The Kier molecular flexibility index (Phi) is 3.05. The molecule has 0 aromatic carbocycles. The van der Waals surface area contributed by atoms with Crippen LogP contribution in [0.3, 0.4) is 0 Å². The Balaban J connectivity index is 1.67. The Labute approximate surface area is 127 Å². The summed E-state index contributed by atoms with van der Waals surface area (Å²) in [6.07, 6.45) is 3.75. The summed E-state index contributed by atoms with van der Waals surface area (Å²) in [6, 6.07) is 3.73. The monoisotopic (exact) mass is 303 g/mol. The number of carbonyl (C=O) groups is 1. The second-order valence-electron chi connectivity index (χ2n) is 5.65. The number of hydrogen-bond acceptors (Lipinski definition) is 5. The Morgan fingerprint density at radius 1 is 1.27 bits per heavy atom. The van der Waals surface area contributed by atoms with Crippen LogP contribution in [0.1, 0.15) is 12.8 Å². The third-order valence-corrected chi connectivity index (χ3v) is 4.44. The first-order valence-electron chi connectivity index (χ1n) is 7.40. The minimum absolute atomic E-state index is 0.460. The van der Waals surface area contributed by atoms with Crippen LogP contribution in [-0.2, 0) is 9.47 Å². The van der Waals surface area contributed by atoms with Crippen molar-refractivity contribution in [3.05, 3.63) is 24.5 Å². The normalized spacial score (nSPS) is 20.8. The Morgan fingerprint density at radius 3 is 2.68 bits per heavy atom. The quantitative estimate of drug-likeness (QED) is 0.867. The second-order valence-corrected chi connectivity index (χ2v) is 5.65. The molecule has 2 fully saturated rings. The van der Waals surface area contributed by atoms with Gasteiger partial charge in [0.05, 0.1) is 24.9 Å². The van der Waals surface area contributed by atoms with E-state index in [1.54, 1.807) is 12.4 Å². The van der Waals surface area contributed by atoms with E-state index in [4.69, 9.17) is 9.47 Å². The van der Waals surface area contributed by atoms with Gasteiger partial charge in [-0.15, -0.1) is 0 Å². The molecule has 22 heavy (non-hydrogen) atoms. The Hall–Kier alpha value is -2.12. The van der Waals surface area contributed by atoms with Crippen molar-refractivity contribution in [2.45, 2.75) is 18.6 Å². The number of piperidine rings is 1. The number of nitrogens with zero attached hydrogens (tertiary/aromatic N) is 3. The molecule has 1 N–H and O–H groups in total. The minimum atomic E-state index is -0.994. The average Bonchev–Trinajstić information content (AvgIpc) is 3.12. The molecule has 2 aliphatic heterocycles. The van der Waals surface area contributed by atoms with E-state index in [0.717, 1.165) is 18.2 Å². The van der Waals surface area contributed by atoms with Crippen molar-refractivity contribution in [2.24, 2.45) is 0 Å². The van der Waals surface area contributed by atoms with Crippen molar-refractivity contribution in [1.29, 1.82) is 0 Å². The van der Waals surface area contributed by atoms with Crippen molar-refractivity contribution in [3.63, 3.8) is 0 Å². The van der Waals surface area contributed by atoms with Crippen LogP contribution in [0, 0.1) is 0 Å². The van der Waals surface area contributed by atoms with Gasteiger partial charge < -0.3 is 19.5 Å². The van der Waals surface area contributed by atoms with E-state index in [2.05, 4.69) is 9.88 Å². The molecular formula is C15H17N3O4. The van der Waals surface area contributed by atoms with Crippen LogP contribution in [0.2, 0.25) is 0 Å². The van der Waals surface area contributed by atoms with Crippen molar-refractivity contribution in [3.8, 4) is 0 Å². The van der Waals surface area contributed by atoms with Crippen LogP contribution in [0.15, 0.2) is 24.5 Å². The summed E-state index contributed by atoms with van der Waals surface area (Å²) in [7, 11) is 0. The standard InChI is InChI=1S/C15H17N3O4/c19-14(20)18-12-10-16-4-1-11(12)9-13(18)17-5-2-15(3-6-17)21-7-8-22-15/h1,4,9-10H,2-3,5-8H2,(H,19,20). The van der Waals surface area contributed by atoms with Crippen LogP contribution < -0.4 is 4.90 Å². The lowest BCUT2D eigenvalue weighted by Gasteiger charge is -2.38. The molecule has 0 aliphatic carbocycles. The number of ether oxygens (including phenoxy) is 2. The number of pyridine rings is 1. The molecule has 2 aromatic heterocycles. The fourth-order valence-electron chi connectivity index (χ4n) is 3.33. The fourth-order valence-corrected chi connectivity index (χ4v) is 3.33. The van der Waals surface area contributed by atoms with Crippen LogP contribution in [0.25, 0.3) is 10.9 Å². The van der Waals surface area contributed by atoms with E-state index < -0.39 is 11.9 Å². The lowest BCUT2D eigenvalue weighted by molar-refractivity contribution is -0.169. The first kappa shape index (κ1) is 13.5. The molecular weight excluding hydrogens is 286 g/mol.